The van der Waals surface area contributed by atoms with Crippen molar-refractivity contribution in [2.24, 2.45) is 0 Å². The number of rotatable bonds is 4. The third-order valence-corrected chi connectivity index (χ3v) is 4.66. The Hall–Kier alpha value is -2.33. The van der Waals surface area contributed by atoms with Crippen LogP contribution in [0.3, 0.4) is 0 Å². The van der Waals surface area contributed by atoms with Crippen LogP contribution in [0.15, 0.2) is 31.0 Å². The zero-order valence-electron chi connectivity index (χ0n) is 13.6. The van der Waals surface area contributed by atoms with Gasteiger partial charge in [0.05, 0.1) is 18.5 Å². The van der Waals surface area contributed by atoms with E-state index in [-0.39, 0.29) is 12.2 Å². The number of ether oxygens (including phenoxy) is 1. The second kappa shape index (κ2) is 6.76. The van der Waals surface area contributed by atoms with Gasteiger partial charge in [0.15, 0.2) is 17.7 Å². The Morgan fingerprint density at radius 3 is 2.92 bits per heavy atom. The van der Waals surface area contributed by atoms with E-state index in [9.17, 15) is 10.2 Å². The largest absolute Gasteiger partial charge is 0.390 e. The van der Waals surface area contributed by atoms with Crippen molar-refractivity contribution >= 4 is 28.6 Å². The van der Waals surface area contributed by atoms with E-state index in [1.807, 2.05) is 0 Å². The molecule has 26 heavy (non-hydrogen) atoms. The number of nitrogens with zero attached hydrogens (tertiary/aromatic N) is 5. The van der Waals surface area contributed by atoms with E-state index in [2.05, 4.69) is 19.9 Å². The summed E-state index contributed by atoms with van der Waals surface area (Å²) >= 11 is 5.77. The number of imidazole rings is 1. The summed E-state index contributed by atoms with van der Waals surface area (Å²) in [6.45, 7) is 0. The van der Waals surface area contributed by atoms with Crippen LogP contribution in [0.2, 0.25) is 5.15 Å². The molecule has 0 saturated carbocycles. The molecular formula is C16H17ClN6O3. The van der Waals surface area contributed by atoms with Crippen LogP contribution in [-0.4, -0.2) is 53.0 Å². The van der Waals surface area contributed by atoms with Gasteiger partial charge in [-0.3, -0.25) is 4.57 Å². The Morgan fingerprint density at radius 2 is 2.15 bits per heavy atom. The number of hydrogen-bond donors (Lipinski definition) is 3. The number of aliphatic hydroxyl groups is 2. The van der Waals surface area contributed by atoms with Crippen LogP contribution >= 0.6 is 11.6 Å². The summed E-state index contributed by atoms with van der Waals surface area (Å²) in [5.41, 5.74) is 7.53. The highest BCUT2D eigenvalue weighted by Gasteiger charge is 2.39. The van der Waals surface area contributed by atoms with Crippen LogP contribution in [0.4, 0.5) is 5.82 Å². The third-order valence-electron chi connectivity index (χ3n) is 4.44. The van der Waals surface area contributed by atoms with Gasteiger partial charge in [0.25, 0.3) is 0 Å². The SMILES string of the molecule is Nc1ncnc2c1ncn2[C@@H]1O[C@H](C(O)Cc2ccc(Cl)nc2)C[C@H]1O. The molecule has 1 fully saturated rings. The highest BCUT2D eigenvalue weighted by Crippen LogP contribution is 2.33. The molecule has 4 N–H and O–H groups in total. The number of nitrogens with two attached hydrogens (primary N) is 1. The van der Waals surface area contributed by atoms with Gasteiger partial charge in [-0.25, -0.2) is 19.9 Å². The summed E-state index contributed by atoms with van der Waals surface area (Å²) in [5.74, 6) is 0.257. The Labute approximate surface area is 153 Å². The molecule has 4 heterocycles. The average Bonchev–Trinajstić information content (AvgIpc) is 3.21. The number of pyridine rings is 1. The van der Waals surface area contributed by atoms with Crippen molar-refractivity contribution in [2.75, 3.05) is 5.73 Å². The molecule has 4 atom stereocenters. The van der Waals surface area contributed by atoms with E-state index in [1.54, 1.807) is 22.9 Å². The lowest BCUT2D eigenvalue weighted by molar-refractivity contribution is -0.0736. The number of hydrogen-bond acceptors (Lipinski definition) is 8. The summed E-state index contributed by atoms with van der Waals surface area (Å²) in [6.07, 6.45) is 2.20. The first-order chi connectivity index (χ1) is 12.5. The van der Waals surface area contributed by atoms with Gasteiger partial charge in [0.1, 0.15) is 23.1 Å². The minimum atomic E-state index is -0.813. The summed E-state index contributed by atoms with van der Waals surface area (Å²) in [7, 11) is 0. The number of fused-ring (bicyclic) bond motifs is 1. The van der Waals surface area contributed by atoms with Crippen molar-refractivity contribution < 1.29 is 14.9 Å². The van der Waals surface area contributed by atoms with E-state index < -0.39 is 24.5 Å². The highest BCUT2D eigenvalue weighted by molar-refractivity contribution is 6.29. The zero-order chi connectivity index (χ0) is 18.3. The molecule has 9 nitrogen and oxygen atoms in total. The van der Waals surface area contributed by atoms with Gasteiger partial charge in [-0.2, -0.15) is 0 Å². The maximum atomic E-state index is 10.5. The number of aliphatic hydroxyl groups excluding tert-OH is 2. The molecule has 10 heteroatoms. The van der Waals surface area contributed by atoms with Crippen LogP contribution < -0.4 is 5.73 Å². The maximum absolute atomic E-state index is 10.5. The van der Waals surface area contributed by atoms with Gasteiger partial charge in [-0.05, 0) is 11.6 Å². The molecule has 4 rings (SSSR count). The lowest BCUT2D eigenvalue weighted by atomic mass is 10.0. The lowest BCUT2D eigenvalue weighted by Gasteiger charge is -2.20. The summed E-state index contributed by atoms with van der Waals surface area (Å²) in [4.78, 5) is 16.2. The lowest BCUT2D eigenvalue weighted by Crippen LogP contribution is -2.28. The number of nitrogen functional groups attached to an aromatic ring is 1. The van der Waals surface area contributed by atoms with Crippen LogP contribution in [0.1, 0.15) is 18.2 Å². The first-order valence-corrected chi connectivity index (χ1v) is 8.45. The highest BCUT2D eigenvalue weighted by atomic mass is 35.5. The van der Waals surface area contributed by atoms with E-state index in [4.69, 9.17) is 22.1 Å². The molecule has 0 amide bonds. The summed E-state index contributed by atoms with van der Waals surface area (Å²) in [6, 6.07) is 3.46. The first-order valence-electron chi connectivity index (χ1n) is 8.08. The van der Waals surface area contributed by atoms with Crippen LogP contribution in [0.5, 0.6) is 0 Å². The van der Waals surface area contributed by atoms with E-state index in [1.165, 1.54) is 12.7 Å². The molecule has 1 unspecified atom stereocenters. The topological polar surface area (TPSA) is 132 Å². The molecule has 1 aliphatic heterocycles. The minimum absolute atomic E-state index is 0.257. The maximum Gasteiger partial charge on any atom is 0.167 e. The molecule has 0 bridgehead atoms. The minimum Gasteiger partial charge on any atom is -0.390 e. The van der Waals surface area contributed by atoms with Gasteiger partial charge in [0, 0.05) is 19.0 Å². The molecule has 0 aliphatic carbocycles. The molecule has 0 radical (unpaired) electrons. The van der Waals surface area contributed by atoms with Crippen LogP contribution in [-0.2, 0) is 11.2 Å². The molecule has 0 aromatic carbocycles. The zero-order valence-corrected chi connectivity index (χ0v) is 14.4. The van der Waals surface area contributed by atoms with Crippen molar-refractivity contribution in [1.29, 1.82) is 0 Å². The van der Waals surface area contributed by atoms with Gasteiger partial charge in [0.2, 0.25) is 0 Å². The molecule has 1 saturated heterocycles. The normalized spacial score (nSPS) is 24.2. The smallest absolute Gasteiger partial charge is 0.167 e. The molecule has 3 aromatic rings. The third kappa shape index (κ3) is 3.10. The molecule has 136 valence electrons. The fourth-order valence-electron chi connectivity index (χ4n) is 3.13. The molecule has 0 spiro atoms. The van der Waals surface area contributed by atoms with E-state index >= 15 is 0 Å². The molecular weight excluding hydrogens is 360 g/mol. The Balaban J connectivity index is 1.51. The fourth-order valence-corrected chi connectivity index (χ4v) is 3.25. The van der Waals surface area contributed by atoms with E-state index in [0.29, 0.717) is 22.7 Å². The molecule has 1 aliphatic rings. The van der Waals surface area contributed by atoms with E-state index in [0.717, 1.165) is 5.56 Å². The average molecular weight is 377 g/mol. The van der Waals surface area contributed by atoms with Crippen molar-refractivity contribution in [3.63, 3.8) is 0 Å². The fraction of sp³-hybridized carbons (Fsp3) is 0.375. The quantitative estimate of drug-likeness (QED) is 0.567. The number of halogens is 1. The van der Waals surface area contributed by atoms with Crippen LogP contribution in [0, 0.1) is 0 Å². The molecule has 3 aromatic heterocycles. The van der Waals surface area contributed by atoms with Crippen molar-refractivity contribution in [2.45, 2.75) is 37.4 Å². The predicted octanol–water partition coefficient (Wildman–Crippen LogP) is 0.709. The van der Waals surface area contributed by atoms with Gasteiger partial charge < -0.3 is 20.7 Å². The predicted molar refractivity (Wildman–Crippen MR) is 93.2 cm³/mol. The second-order valence-electron chi connectivity index (χ2n) is 6.21. The number of anilines is 1. The van der Waals surface area contributed by atoms with Gasteiger partial charge >= 0.3 is 0 Å². The van der Waals surface area contributed by atoms with Crippen molar-refractivity contribution in [3.05, 3.63) is 41.7 Å². The van der Waals surface area contributed by atoms with Crippen molar-refractivity contribution in [1.82, 2.24) is 24.5 Å². The number of aromatic nitrogens is 5. The standard InChI is InChI=1S/C16H17ClN6O3/c17-12-2-1-8(5-19-12)3-9(24)11-4-10(25)16(26-11)23-7-22-13-14(18)20-6-21-15(13)23/h1-2,5-7,9-11,16,24-25H,3-4H2,(H2,18,20,21)/t9?,10-,11+,16-/m1/s1. The summed E-state index contributed by atoms with van der Waals surface area (Å²) < 4.78 is 7.50. The Morgan fingerprint density at radius 1 is 1.31 bits per heavy atom. The van der Waals surface area contributed by atoms with Gasteiger partial charge in [-0.1, -0.05) is 17.7 Å². The van der Waals surface area contributed by atoms with Gasteiger partial charge in [-0.15, -0.1) is 0 Å². The first kappa shape index (κ1) is 17.1. The summed E-state index contributed by atoms with van der Waals surface area (Å²) in [5, 5.41) is 21.3. The Bertz CT molecular complexity index is 918. The van der Waals surface area contributed by atoms with Crippen molar-refractivity contribution in [3.8, 4) is 0 Å². The van der Waals surface area contributed by atoms with Crippen LogP contribution in [0.25, 0.3) is 11.2 Å². The monoisotopic (exact) mass is 376 g/mol. The second-order valence-corrected chi connectivity index (χ2v) is 6.60. The Kier molecular flexibility index (Phi) is 4.45.